The molecule has 0 aromatic heterocycles. The number of nitrogens with one attached hydrogen (secondary N) is 1. The van der Waals surface area contributed by atoms with Crippen LogP contribution in [-0.2, 0) is 26.0 Å². The van der Waals surface area contributed by atoms with Gasteiger partial charge in [0.05, 0.1) is 24.8 Å². The maximum atomic E-state index is 14.0. The standard InChI is InChI=1S/C31H39N3O6S/c1-6-19-32-31(36)24(3)33(20-18-25-10-8-7-9-11-25)30(35)22-34(26-14-12-23(2)13-15-26)41(37,38)27-16-17-28(39-4)29(21-27)40-5/h7-17,21,24H,6,18-20,22H2,1-5H3,(H,32,36)/t24-/m1/s1. The smallest absolute Gasteiger partial charge is 0.264 e. The molecule has 0 aliphatic rings. The Bertz CT molecular complexity index is 1410. The number of hydrogen-bond donors (Lipinski definition) is 1. The molecule has 0 radical (unpaired) electrons. The monoisotopic (exact) mass is 581 g/mol. The summed E-state index contributed by atoms with van der Waals surface area (Å²) in [5.74, 6) is -0.166. The van der Waals surface area contributed by atoms with Crippen molar-refractivity contribution in [2.24, 2.45) is 0 Å². The Hall–Kier alpha value is -4.05. The summed E-state index contributed by atoms with van der Waals surface area (Å²) in [6.45, 7) is 5.72. The zero-order chi connectivity index (χ0) is 30.0. The van der Waals surface area contributed by atoms with Crippen LogP contribution in [0.15, 0.2) is 77.7 Å². The molecule has 0 saturated carbocycles. The Labute approximate surface area is 243 Å². The number of ether oxygens (including phenoxy) is 2. The number of carbonyl (C=O) groups is 2. The molecule has 3 aromatic carbocycles. The van der Waals surface area contributed by atoms with E-state index < -0.39 is 28.5 Å². The van der Waals surface area contributed by atoms with Gasteiger partial charge in [-0.05, 0) is 56.5 Å². The maximum Gasteiger partial charge on any atom is 0.264 e. The second-order valence-corrected chi connectivity index (χ2v) is 11.5. The van der Waals surface area contributed by atoms with E-state index in [1.54, 1.807) is 31.2 Å². The van der Waals surface area contributed by atoms with Crippen LogP contribution < -0.4 is 19.1 Å². The van der Waals surface area contributed by atoms with Crippen LogP contribution in [0.4, 0.5) is 5.69 Å². The molecular weight excluding hydrogens is 542 g/mol. The zero-order valence-corrected chi connectivity index (χ0v) is 25.1. The number of aryl methyl sites for hydroxylation is 1. The third kappa shape index (κ3) is 8.00. The summed E-state index contributed by atoms with van der Waals surface area (Å²) in [5.41, 5.74) is 2.26. The van der Waals surface area contributed by atoms with Gasteiger partial charge < -0.3 is 19.7 Å². The molecule has 0 bridgehead atoms. The highest BCUT2D eigenvalue weighted by molar-refractivity contribution is 7.92. The highest BCUT2D eigenvalue weighted by atomic mass is 32.2. The van der Waals surface area contributed by atoms with Gasteiger partial charge >= 0.3 is 0 Å². The van der Waals surface area contributed by atoms with Gasteiger partial charge in [-0.3, -0.25) is 13.9 Å². The van der Waals surface area contributed by atoms with Crippen molar-refractivity contribution in [3.8, 4) is 11.5 Å². The summed E-state index contributed by atoms with van der Waals surface area (Å²) < 4.78 is 39.8. The fraction of sp³-hybridized carbons (Fsp3) is 0.355. The third-order valence-corrected chi connectivity index (χ3v) is 8.51. The molecule has 0 aliphatic carbocycles. The van der Waals surface area contributed by atoms with Crippen molar-refractivity contribution in [3.05, 3.63) is 83.9 Å². The van der Waals surface area contributed by atoms with Crippen LogP contribution in [0.25, 0.3) is 0 Å². The summed E-state index contributed by atoms with van der Waals surface area (Å²) >= 11 is 0. The predicted molar refractivity (Wildman–Crippen MR) is 160 cm³/mol. The largest absolute Gasteiger partial charge is 0.493 e. The van der Waals surface area contributed by atoms with E-state index in [0.29, 0.717) is 24.4 Å². The third-order valence-electron chi connectivity index (χ3n) is 6.74. The normalized spacial score (nSPS) is 11.8. The highest BCUT2D eigenvalue weighted by Crippen LogP contribution is 2.32. The van der Waals surface area contributed by atoms with E-state index in [1.165, 1.54) is 37.3 Å². The van der Waals surface area contributed by atoms with Crippen molar-refractivity contribution in [2.45, 2.75) is 44.6 Å². The maximum absolute atomic E-state index is 14.0. The molecule has 0 heterocycles. The van der Waals surface area contributed by atoms with Gasteiger partial charge in [-0.1, -0.05) is 55.0 Å². The van der Waals surface area contributed by atoms with Crippen LogP contribution >= 0.6 is 0 Å². The molecule has 1 atom stereocenters. The van der Waals surface area contributed by atoms with Gasteiger partial charge in [0.15, 0.2) is 11.5 Å². The first-order valence-corrected chi connectivity index (χ1v) is 15.0. The van der Waals surface area contributed by atoms with Crippen molar-refractivity contribution >= 4 is 27.5 Å². The van der Waals surface area contributed by atoms with Crippen LogP contribution in [0.1, 0.15) is 31.4 Å². The van der Waals surface area contributed by atoms with E-state index in [-0.39, 0.29) is 23.1 Å². The van der Waals surface area contributed by atoms with E-state index in [1.807, 2.05) is 44.2 Å². The molecule has 9 nitrogen and oxygen atoms in total. The minimum atomic E-state index is -4.23. The van der Waals surface area contributed by atoms with Crippen molar-refractivity contribution in [3.63, 3.8) is 0 Å². The van der Waals surface area contributed by atoms with Gasteiger partial charge in [0.1, 0.15) is 12.6 Å². The Balaban J connectivity index is 2.00. The minimum Gasteiger partial charge on any atom is -0.493 e. The first-order chi connectivity index (χ1) is 19.6. The van der Waals surface area contributed by atoms with Crippen LogP contribution in [0.2, 0.25) is 0 Å². The second kappa shape index (κ2) is 14.5. The molecule has 0 unspecified atom stereocenters. The van der Waals surface area contributed by atoms with Crippen molar-refractivity contribution in [1.29, 1.82) is 0 Å². The van der Waals surface area contributed by atoms with Crippen LogP contribution in [0, 0.1) is 6.92 Å². The summed E-state index contributed by atoms with van der Waals surface area (Å²) in [6, 6.07) is 20.0. The number of methoxy groups -OCH3 is 2. The molecule has 1 N–H and O–H groups in total. The second-order valence-electron chi connectivity index (χ2n) is 9.65. The molecule has 0 spiro atoms. The summed E-state index contributed by atoms with van der Waals surface area (Å²) in [6.07, 6.45) is 1.26. The van der Waals surface area contributed by atoms with E-state index in [4.69, 9.17) is 9.47 Å². The van der Waals surface area contributed by atoms with Gasteiger partial charge in [0, 0.05) is 19.2 Å². The molecule has 220 valence electrons. The number of rotatable bonds is 14. The van der Waals surface area contributed by atoms with E-state index >= 15 is 0 Å². The number of hydrogen-bond acceptors (Lipinski definition) is 6. The number of sulfonamides is 1. The molecule has 0 fully saturated rings. The van der Waals surface area contributed by atoms with Gasteiger partial charge in [-0.25, -0.2) is 8.42 Å². The molecule has 10 heteroatoms. The van der Waals surface area contributed by atoms with Gasteiger partial charge in [-0.15, -0.1) is 0 Å². The lowest BCUT2D eigenvalue weighted by Crippen LogP contribution is -2.52. The number of anilines is 1. The first kappa shape index (κ1) is 31.5. The Morgan fingerprint density at radius 3 is 2.20 bits per heavy atom. The van der Waals surface area contributed by atoms with Crippen LogP contribution in [0.3, 0.4) is 0 Å². The van der Waals surface area contributed by atoms with E-state index in [0.717, 1.165) is 21.9 Å². The van der Waals surface area contributed by atoms with E-state index in [9.17, 15) is 18.0 Å². The average molecular weight is 582 g/mol. The highest BCUT2D eigenvalue weighted by Gasteiger charge is 2.32. The topological polar surface area (TPSA) is 105 Å². The minimum absolute atomic E-state index is 0.0619. The molecular formula is C31H39N3O6S. The molecule has 3 rings (SSSR count). The van der Waals surface area contributed by atoms with Crippen molar-refractivity contribution in [2.75, 3.05) is 38.2 Å². The average Bonchev–Trinajstić information content (AvgIpc) is 2.99. The summed E-state index contributed by atoms with van der Waals surface area (Å²) in [4.78, 5) is 28.3. The summed E-state index contributed by atoms with van der Waals surface area (Å²) in [5, 5.41) is 2.85. The Morgan fingerprint density at radius 1 is 0.927 bits per heavy atom. The Morgan fingerprint density at radius 2 is 1.59 bits per heavy atom. The Kier molecular flexibility index (Phi) is 11.2. The fourth-order valence-electron chi connectivity index (χ4n) is 4.31. The SMILES string of the molecule is CCCNC(=O)[C@@H](C)N(CCc1ccccc1)C(=O)CN(c1ccc(C)cc1)S(=O)(=O)c1ccc(OC)c(OC)c1. The van der Waals surface area contributed by atoms with Gasteiger partial charge in [0.25, 0.3) is 10.0 Å². The number of carbonyl (C=O) groups excluding carboxylic acids is 2. The number of nitrogens with zero attached hydrogens (tertiary/aromatic N) is 2. The summed E-state index contributed by atoms with van der Waals surface area (Å²) in [7, 11) is -1.35. The predicted octanol–water partition coefficient (Wildman–Crippen LogP) is 4.19. The van der Waals surface area contributed by atoms with Crippen molar-refractivity contribution < 1.29 is 27.5 Å². The fourth-order valence-corrected chi connectivity index (χ4v) is 5.74. The molecule has 2 amide bonds. The number of amides is 2. The quantitative estimate of drug-likeness (QED) is 0.306. The molecule has 41 heavy (non-hydrogen) atoms. The first-order valence-electron chi connectivity index (χ1n) is 13.5. The molecule has 0 aliphatic heterocycles. The van der Waals surface area contributed by atoms with Crippen LogP contribution in [0.5, 0.6) is 11.5 Å². The lowest BCUT2D eigenvalue weighted by molar-refractivity contribution is -0.138. The molecule has 0 saturated heterocycles. The lowest BCUT2D eigenvalue weighted by atomic mass is 10.1. The molecule has 3 aromatic rings. The van der Waals surface area contributed by atoms with Crippen molar-refractivity contribution in [1.82, 2.24) is 10.2 Å². The van der Waals surface area contributed by atoms with Gasteiger partial charge in [-0.2, -0.15) is 0 Å². The zero-order valence-electron chi connectivity index (χ0n) is 24.3. The number of benzene rings is 3. The van der Waals surface area contributed by atoms with Crippen LogP contribution in [-0.4, -0.2) is 65.0 Å². The van der Waals surface area contributed by atoms with E-state index in [2.05, 4.69) is 5.32 Å². The van der Waals surface area contributed by atoms with Gasteiger partial charge in [0.2, 0.25) is 11.8 Å². The lowest BCUT2D eigenvalue weighted by Gasteiger charge is -2.32.